The third-order valence-electron chi connectivity index (χ3n) is 7.03. The SMILES string of the molecule is COc1ccc2[nH]c(C(=O)N3C[C@@H](CCl)c4c3cc(O)c3[nH]c(C(=O)N5CCOCC5)cc43)cc2c1. The molecular formula is C26H25ClN4O5. The minimum Gasteiger partial charge on any atom is -0.506 e. The Morgan fingerprint density at radius 2 is 1.89 bits per heavy atom. The summed E-state index contributed by atoms with van der Waals surface area (Å²) in [4.78, 5) is 36.3. The average Bonchev–Trinajstić information content (AvgIpc) is 3.63. The molecule has 0 spiro atoms. The van der Waals surface area contributed by atoms with Gasteiger partial charge < -0.3 is 34.3 Å². The quantitative estimate of drug-likeness (QED) is 0.363. The molecule has 186 valence electrons. The van der Waals surface area contributed by atoms with Crippen LogP contribution >= 0.6 is 11.6 Å². The number of hydrogen-bond donors (Lipinski definition) is 3. The largest absolute Gasteiger partial charge is 0.506 e. The monoisotopic (exact) mass is 508 g/mol. The number of halogens is 1. The van der Waals surface area contributed by atoms with Gasteiger partial charge in [-0.3, -0.25) is 9.59 Å². The van der Waals surface area contributed by atoms with Crippen LogP contribution in [0.4, 0.5) is 5.69 Å². The van der Waals surface area contributed by atoms with E-state index in [9.17, 15) is 14.7 Å². The predicted octanol–water partition coefficient (Wildman–Crippen LogP) is 3.82. The van der Waals surface area contributed by atoms with Crippen molar-refractivity contribution in [3.63, 3.8) is 0 Å². The molecule has 1 atom stereocenters. The number of phenolic OH excluding ortho intramolecular Hbond substituents is 1. The highest BCUT2D eigenvalue weighted by atomic mass is 35.5. The van der Waals surface area contributed by atoms with Crippen molar-refractivity contribution in [1.82, 2.24) is 14.9 Å². The highest BCUT2D eigenvalue weighted by Crippen LogP contribution is 2.46. The first kappa shape index (κ1) is 22.8. The molecule has 2 aliphatic rings. The normalized spacial score (nSPS) is 17.7. The molecule has 2 aliphatic heterocycles. The van der Waals surface area contributed by atoms with Gasteiger partial charge >= 0.3 is 0 Å². The standard InChI is InChI=1S/C26H25ClN4O5/c1-35-16-2-3-18-14(8-16)9-19(28-18)26(34)31-13-15(12-27)23-17-10-20(25(33)30-4-6-36-7-5-30)29-24(17)22(32)11-21(23)31/h2-3,8-11,15,28-29,32H,4-7,12-13H2,1H3/t15-/m1/s1. The number of H-pyrrole nitrogens is 2. The van der Waals surface area contributed by atoms with Gasteiger partial charge in [0.25, 0.3) is 11.8 Å². The van der Waals surface area contributed by atoms with Crippen LogP contribution in [0.3, 0.4) is 0 Å². The molecule has 36 heavy (non-hydrogen) atoms. The summed E-state index contributed by atoms with van der Waals surface area (Å²) < 4.78 is 10.6. The summed E-state index contributed by atoms with van der Waals surface area (Å²) in [7, 11) is 1.60. The summed E-state index contributed by atoms with van der Waals surface area (Å²) >= 11 is 6.36. The molecule has 9 nitrogen and oxygen atoms in total. The van der Waals surface area contributed by atoms with Crippen molar-refractivity contribution in [2.24, 2.45) is 0 Å². The number of fused-ring (bicyclic) bond motifs is 4. The fourth-order valence-electron chi connectivity index (χ4n) is 5.22. The lowest BCUT2D eigenvalue weighted by Gasteiger charge is -2.26. The van der Waals surface area contributed by atoms with E-state index in [1.165, 1.54) is 0 Å². The third-order valence-corrected chi connectivity index (χ3v) is 7.41. The van der Waals surface area contributed by atoms with E-state index in [4.69, 9.17) is 21.1 Å². The van der Waals surface area contributed by atoms with Crippen molar-refractivity contribution < 1.29 is 24.2 Å². The predicted molar refractivity (Wildman–Crippen MR) is 137 cm³/mol. The molecule has 2 amide bonds. The van der Waals surface area contributed by atoms with Crippen LogP contribution in [-0.2, 0) is 4.74 Å². The molecule has 10 heteroatoms. The number of benzene rings is 2. The Kier molecular flexibility index (Phi) is 5.54. The number of carbonyl (C=O) groups excluding carboxylic acids is 2. The Hall–Kier alpha value is -3.69. The first-order valence-corrected chi connectivity index (χ1v) is 12.3. The molecule has 1 fully saturated rings. The highest BCUT2D eigenvalue weighted by molar-refractivity contribution is 6.19. The topological polar surface area (TPSA) is 111 Å². The number of amides is 2. The average molecular weight is 509 g/mol. The molecule has 6 rings (SSSR count). The lowest BCUT2D eigenvalue weighted by molar-refractivity contribution is 0.0299. The number of methoxy groups -OCH3 is 1. The number of phenols is 1. The van der Waals surface area contributed by atoms with Crippen LogP contribution in [0.1, 0.15) is 32.5 Å². The number of anilines is 1. The van der Waals surface area contributed by atoms with Gasteiger partial charge in [0.15, 0.2) is 0 Å². The van der Waals surface area contributed by atoms with E-state index in [0.717, 1.165) is 16.5 Å². The molecule has 4 heterocycles. The minimum absolute atomic E-state index is 0.0285. The van der Waals surface area contributed by atoms with Crippen LogP contribution in [0.2, 0.25) is 0 Å². The molecule has 0 unspecified atom stereocenters. The Balaban J connectivity index is 1.40. The smallest absolute Gasteiger partial charge is 0.274 e. The van der Waals surface area contributed by atoms with E-state index >= 15 is 0 Å². The van der Waals surface area contributed by atoms with Crippen molar-refractivity contribution in [3.05, 3.63) is 53.3 Å². The molecule has 0 radical (unpaired) electrons. The zero-order chi connectivity index (χ0) is 25.0. The maximum atomic E-state index is 13.6. The van der Waals surface area contributed by atoms with Crippen LogP contribution in [0.15, 0.2) is 36.4 Å². The zero-order valence-corrected chi connectivity index (χ0v) is 20.4. The molecule has 0 saturated carbocycles. The number of alkyl halides is 1. The molecule has 2 aromatic carbocycles. The molecule has 0 bridgehead atoms. The number of aromatic amines is 2. The number of carbonyl (C=O) groups is 2. The van der Waals surface area contributed by atoms with Crippen molar-refractivity contribution >= 4 is 50.9 Å². The molecule has 4 aromatic rings. The summed E-state index contributed by atoms with van der Waals surface area (Å²) in [5, 5.41) is 12.4. The van der Waals surface area contributed by atoms with Crippen molar-refractivity contribution in [2.75, 3.05) is 50.7 Å². The number of nitrogens with one attached hydrogen (secondary N) is 2. The third kappa shape index (κ3) is 3.58. The van der Waals surface area contributed by atoms with E-state index in [0.29, 0.717) is 72.5 Å². The minimum atomic E-state index is -0.224. The zero-order valence-electron chi connectivity index (χ0n) is 19.6. The number of nitrogens with zero attached hydrogens (tertiary/aromatic N) is 2. The number of morpholine rings is 1. The van der Waals surface area contributed by atoms with Crippen LogP contribution in [0.25, 0.3) is 21.8 Å². The maximum absolute atomic E-state index is 13.6. The molecule has 0 aliphatic carbocycles. The van der Waals surface area contributed by atoms with Crippen LogP contribution in [-0.4, -0.2) is 77.6 Å². The van der Waals surface area contributed by atoms with Gasteiger partial charge in [0.2, 0.25) is 0 Å². The summed E-state index contributed by atoms with van der Waals surface area (Å²) in [5.74, 6) is 0.441. The summed E-state index contributed by atoms with van der Waals surface area (Å²) in [6, 6.07) is 10.7. The Morgan fingerprint density at radius 3 is 2.64 bits per heavy atom. The maximum Gasteiger partial charge on any atom is 0.274 e. The highest BCUT2D eigenvalue weighted by Gasteiger charge is 2.36. The van der Waals surface area contributed by atoms with Crippen LogP contribution < -0.4 is 9.64 Å². The number of ether oxygens (including phenoxy) is 2. The van der Waals surface area contributed by atoms with Gasteiger partial charge in [0, 0.05) is 53.8 Å². The summed E-state index contributed by atoms with van der Waals surface area (Å²) in [5.41, 5.74) is 3.54. The summed E-state index contributed by atoms with van der Waals surface area (Å²) in [6.07, 6.45) is 0. The Bertz CT molecular complexity index is 1500. The first-order valence-electron chi connectivity index (χ1n) is 11.8. The van der Waals surface area contributed by atoms with Gasteiger partial charge in [0.05, 0.1) is 31.5 Å². The van der Waals surface area contributed by atoms with Crippen LogP contribution in [0.5, 0.6) is 11.5 Å². The van der Waals surface area contributed by atoms with Gasteiger partial charge in [-0.2, -0.15) is 0 Å². The first-order chi connectivity index (χ1) is 17.5. The Labute approximate surface area is 211 Å². The van der Waals surface area contributed by atoms with E-state index < -0.39 is 0 Å². The van der Waals surface area contributed by atoms with E-state index in [2.05, 4.69) is 9.97 Å². The number of hydrogen-bond acceptors (Lipinski definition) is 5. The van der Waals surface area contributed by atoms with Gasteiger partial charge in [-0.25, -0.2) is 0 Å². The van der Waals surface area contributed by atoms with Crippen molar-refractivity contribution in [1.29, 1.82) is 0 Å². The van der Waals surface area contributed by atoms with E-state index in [1.54, 1.807) is 35.1 Å². The van der Waals surface area contributed by atoms with E-state index in [-0.39, 0.29) is 23.5 Å². The second-order valence-corrected chi connectivity index (χ2v) is 9.42. The van der Waals surface area contributed by atoms with Gasteiger partial charge in [0.1, 0.15) is 22.9 Å². The lowest BCUT2D eigenvalue weighted by Crippen LogP contribution is -2.40. The second kappa shape index (κ2) is 8.76. The number of rotatable bonds is 4. The second-order valence-electron chi connectivity index (χ2n) is 9.11. The molecule has 3 N–H and O–H groups in total. The number of aromatic hydroxyl groups is 1. The fourth-order valence-corrected chi connectivity index (χ4v) is 5.47. The summed E-state index contributed by atoms with van der Waals surface area (Å²) in [6.45, 7) is 2.40. The Morgan fingerprint density at radius 1 is 1.11 bits per heavy atom. The van der Waals surface area contributed by atoms with Gasteiger partial charge in [-0.1, -0.05) is 0 Å². The number of aromatic nitrogens is 2. The van der Waals surface area contributed by atoms with E-state index in [1.807, 2.05) is 18.2 Å². The van der Waals surface area contributed by atoms with Crippen molar-refractivity contribution in [3.8, 4) is 11.5 Å². The van der Waals surface area contributed by atoms with Gasteiger partial charge in [-0.15, -0.1) is 11.6 Å². The fraction of sp³-hybridized carbons (Fsp3) is 0.308. The van der Waals surface area contributed by atoms with Crippen LogP contribution in [0, 0.1) is 0 Å². The molecular weight excluding hydrogens is 484 g/mol. The lowest BCUT2D eigenvalue weighted by atomic mass is 9.98. The molecule has 2 aromatic heterocycles. The van der Waals surface area contributed by atoms with Gasteiger partial charge in [-0.05, 0) is 35.9 Å². The molecule has 1 saturated heterocycles. The van der Waals surface area contributed by atoms with Crippen molar-refractivity contribution in [2.45, 2.75) is 5.92 Å².